The van der Waals surface area contributed by atoms with Gasteiger partial charge in [-0.05, 0) is 70.2 Å². The summed E-state index contributed by atoms with van der Waals surface area (Å²) in [7, 11) is 0. The Bertz CT molecular complexity index is 1140. The number of hydrogen-bond acceptors (Lipinski definition) is 6. The second-order valence-corrected chi connectivity index (χ2v) is 9.57. The number of amides is 3. The Balaban J connectivity index is 1.52. The van der Waals surface area contributed by atoms with Crippen molar-refractivity contribution in [3.8, 4) is 0 Å². The summed E-state index contributed by atoms with van der Waals surface area (Å²) in [6.07, 6.45) is 4.35. The van der Waals surface area contributed by atoms with Gasteiger partial charge in [-0.2, -0.15) is 0 Å². The SMILES string of the molecule is CCOCCC(=O)NC(=NC1CCCCN(CC(=O)N2CCCC2)C1=O)Nc1ccc2oc(C)cc2c1. The number of nitrogens with zero attached hydrogens (tertiary/aromatic N) is 3. The number of aryl methyl sites for hydroxylation is 1. The minimum atomic E-state index is -0.691. The zero-order valence-corrected chi connectivity index (χ0v) is 21.8. The van der Waals surface area contributed by atoms with Gasteiger partial charge < -0.3 is 24.3 Å². The molecule has 2 fully saturated rings. The van der Waals surface area contributed by atoms with Crippen LogP contribution in [0.5, 0.6) is 0 Å². The van der Waals surface area contributed by atoms with Gasteiger partial charge in [0, 0.05) is 37.3 Å². The highest BCUT2D eigenvalue weighted by molar-refractivity contribution is 6.05. The molecule has 2 N–H and O–H groups in total. The molecule has 10 heteroatoms. The quantitative estimate of drug-likeness (QED) is 0.320. The number of benzene rings is 1. The Morgan fingerprint density at radius 3 is 2.70 bits per heavy atom. The maximum Gasteiger partial charge on any atom is 0.247 e. The zero-order chi connectivity index (χ0) is 26.2. The third kappa shape index (κ3) is 7.31. The summed E-state index contributed by atoms with van der Waals surface area (Å²) in [6.45, 7) is 6.70. The van der Waals surface area contributed by atoms with Gasteiger partial charge in [0.15, 0.2) is 0 Å². The van der Waals surface area contributed by atoms with Crippen LogP contribution in [0.15, 0.2) is 33.7 Å². The molecule has 2 aliphatic rings. The number of anilines is 1. The fourth-order valence-electron chi connectivity index (χ4n) is 4.74. The molecule has 4 rings (SSSR count). The van der Waals surface area contributed by atoms with Gasteiger partial charge in [-0.3, -0.25) is 19.7 Å². The van der Waals surface area contributed by atoms with Crippen LogP contribution in [0.25, 0.3) is 11.0 Å². The average Bonchev–Trinajstić information content (AvgIpc) is 3.50. The predicted molar refractivity (Wildman–Crippen MR) is 141 cm³/mol. The molecule has 2 aliphatic heterocycles. The van der Waals surface area contributed by atoms with E-state index < -0.39 is 6.04 Å². The first-order valence-electron chi connectivity index (χ1n) is 13.2. The standard InChI is InChI=1S/C27H37N5O5/c1-3-36-15-11-24(33)30-27(28-21-9-10-23-20(17-21)16-19(2)37-23)29-22-8-4-5-14-32(26(22)35)18-25(34)31-12-6-7-13-31/h9-10,16-17,22H,3-8,11-15,18H2,1-2H3,(H2,28,29,30,33). The van der Waals surface area contributed by atoms with Crippen molar-refractivity contribution in [3.63, 3.8) is 0 Å². The van der Waals surface area contributed by atoms with Crippen LogP contribution in [-0.2, 0) is 19.1 Å². The lowest BCUT2D eigenvalue weighted by Gasteiger charge is -2.25. The third-order valence-electron chi connectivity index (χ3n) is 6.66. The first-order valence-corrected chi connectivity index (χ1v) is 13.2. The van der Waals surface area contributed by atoms with Gasteiger partial charge in [0.05, 0.1) is 19.6 Å². The summed E-state index contributed by atoms with van der Waals surface area (Å²) < 4.78 is 11.0. The highest BCUT2D eigenvalue weighted by Crippen LogP contribution is 2.23. The van der Waals surface area contributed by atoms with E-state index in [-0.39, 0.29) is 36.6 Å². The van der Waals surface area contributed by atoms with Gasteiger partial charge in [0.1, 0.15) is 17.4 Å². The number of carbonyl (C=O) groups is 3. The van der Waals surface area contributed by atoms with Gasteiger partial charge >= 0.3 is 0 Å². The van der Waals surface area contributed by atoms with Crippen LogP contribution in [-0.4, -0.2) is 78.9 Å². The normalized spacial score (nSPS) is 18.8. The van der Waals surface area contributed by atoms with E-state index in [1.165, 1.54) is 0 Å². The van der Waals surface area contributed by atoms with Gasteiger partial charge in [-0.25, -0.2) is 4.99 Å². The Labute approximate surface area is 217 Å². The molecule has 1 atom stereocenters. The molecule has 3 amide bonds. The lowest BCUT2D eigenvalue weighted by Crippen LogP contribution is -2.45. The van der Waals surface area contributed by atoms with Crippen LogP contribution in [0.1, 0.15) is 51.2 Å². The molecule has 1 aromatic carbocycles. The molecule has 10 nitrogen and oxygen atoms in total. The molecule has 2 saturated heterocycles. The predicted octanol–water partition coefficient (Wildman–Crippen LogP) is 3.06. The van der Waals surface area contributed by atoms with E-state index in [2.05, 4.69) is 15.6 Å². The van der Waals surface area contributed by atoms with Crippen LogP contribution in [0.3, 0.4) is 0 Å². The maximum absolute atomic E-state index is 13.4. The second kappa shape index (κ2) is 12.7. The van der Waals surface area contributed by atoms with E-state index in [1.54, 1.807) is 4.90 Å². The molecule has 3 heterocycles. The molecule has 0 aliphatic carbocycles. The monoisotopic (exact) mass is 511 g/mol. The minimum Gasteiger partial charge on any atom is -0.461 e. The molecule has 0 bridgehead atoms. The third-order valence-corrected chi connectivity index (χ3v) is 6.66. The van der Waals surface area contributed by atoms with Crippen LogP contribution < -0.4 is 10.6 Å². The molecule has 0 radical (unpaired) electrons. The van der Waals surface area contributed by atoms with Crippen LogP contribution in [0, 0.1) is 6.92 Å². The smallest absolute Gasteiger partial charge is 0.247 e. The maximum atomic E-state index is 13.4. The van der Waals surface area contributed by atoms with E-state index in [4.69, 9.17) is 9.15 Å². The molecule has 37 heavy (non-hydrogen) atoms. The highest BCUT2D eigenvalue weighted by Gasteiger charge is 2.30. The van der Waals surface area contributed by atoms with E-state index in [1.807, 2.05) is 43.0 Å². The number of fused-ring (bicyclic) bond motifs is 1. The van der Waals surface area contributed by atoms with Crippen molar-refractivity contribution in [2.75, 3.05) is 44.7 Å². The summed E-state index contributed by atoms with van der Waals surface area (Å²) in [5, 5.41) is 6.92. The number of hydrogen-bond donors (Lipinski definition) is 2. The molecule has 1 aromatic heterocycles. The lowest BCUT2D eigenvalue weighted by molar-refractivity contribution is -0.140. The Hall–Kier alpha value is -3.40. The number of rotatable bonds is 8. The second-order valence-electron chi connectivity index (χ2n) is 9.57. The largest absolute Gasteiger partial charge is 0.461 e. The number of nitrogens with one attached hydrogen (secondary N) is 2. The van der Waals surface area contributed by atoms with Crippen molar-refractivity contribution in [2.45, 2.75) is 58.4 Å². The fraction of sp³-hybridized carbons (Fsp3) is 0.556. The first kappa shape index (κ1) is 26.7. The molecule has 0 saturated carbocycles. The number of aliphatic imine (C=N–C) groups is 1. The van der Waals surface area contributed by atoms with Crippen molar-refractivity contribution >= 4 is 40.3 Å². The summed E-state index contributed by atoms with van der Waals surface area (Å²) in [6, 6.07) is 6.83. The van der Waals surface area contributed by atoms with E-state index in [9.17, 15) is 14.4 Å². The minimum absolute atomic E-state index is 0.0123. The summed E-state index contributed by atoms with van der Waals surface area (Å²) in [5.41, 5.74) is 1.47. The Kier molecular flexibility index (Phi) is 9.16. The van der Waals surface area contributed by atoms with Crippen molar-refractivity contribution in [3.05, 3.63) is 30.0 Å². The number of guanidine groups is 1. The number of carbonyl (C=O) groups excluding carboxylic acids is 3. The number of likely N-dealkylation sites (tertiary alicyclic amines) is 2. The van der Waals surface area contributed by atoms with Crippen molar-refractivity contribution in [1.29, 1.82) is 0 Å². The van der Waals surface area contributed by atoms with Crippen molar-refractivity contribution < 1.29 is 23.5 Å². The van der Waals surface area contributed by atoms with E-state index >= 15 is 0 Å². The summed E-state index contributed by atoms with van der Waals surface area (Å²) >= 11 is 0. The molecule has 200 valence electrons. The summed E-state index contributed by atoms with van der Waals surface area (Å²) in [5.74, 6) is 0.544. The molecular formula is C27H37N5O5. The fourth-order valence-corrected chi connectivity index (χ4v) is 4.74. The lowest BCUT2D eigenvalue weighted by atomic mass is 10.1. The van der Waals surface area contributed by atoms with E-state index in [0.29, 0.717) is 31.9 Å². The molecule has 0 spiro atoms. The van der Waals surface area contributed by atoms with Gasteiger partial charge in [0.2, 0.25) is 23.7 Å². The molecule has 2 aromatic rings. The van der Waals surface area contributed by atoms with Crippen molar-refractivity contribution in [1.82, 2.24) is 15.1 Å². The van der Waals surface area contributed by atoms with E-state index in [0.717, 1.165) is 55.5 Å². The zero-order valence-electron chi connectivity index (χ0n) is 21.8. The van der Waals surface area contributed by atoms with Gasteiger partial charge in [-0.1, -0.05) is 0 Å². The number of furan rings is 1. The summed E-state index contributed by atoms with van der Waals surface area (Å²) in [4.78, 5) is 46.9. The average molecular weight is 512 g/mol. The first-order chi connectivity index (χ1) is 17.9. The Morgan fingerprint density at radius 1 is 1.14 bits per heavy atom. The van der Waals surface area contributed by atoms with Crippen LogP contribution in [0.4, 0.5) is 5.69 Å². The van der Waals surface area contributed by atoms with Crippen molar-refractivity contribution in [2.24, 2.45) is 4.99 Å². The molecule has 1 unspecified atom stereocenters. The van der Waals surface area contributed by atoms with Crippen LogP contribution >= 0.6 is 0 Å². The van der Waals surface area contributed by atoms with Crippen LogP contribution in [0.2, 0.25) is 0 Å². The topological polar surface area (TPSA) is 116 Å². The van der Waals surface area contributed by atoms with Gasteiger partial charge in [-0.15, -0.1) is 0 Å². The van der Waals surface area contributed by atoms with Gasteiger partial charge in [0.25, 0.3) is 0 Å². The molecular weight excluding hydrogens is 474 g/mol. The number of ether oxygens (including phenoxy) is 1. The highest BCUT2D eigenvalue weighted by atomic mass is 16.5. The Morgan fingerprint density at radius 2 is 1.92 bits per heavy atom.